The number of carbonyl (C=O) groups is 1. The van der Waals surface area contributed by atoms with Crippen LogP contribution < -0.4 is 11.1 Å². The normalized spacial score (nSPS) is 19.3. The van der Waals surface area contributed by atoms with E-state index in [1.165, 1.54) is 13.3 Å². The Hall–Kier alpha value is -3.35. The molecule has 3 aromatic rings. The molecule has 7 heteroatoms. The second-order valence-electron chi connectivity index (χ2n) is 6.90. The van der Waals surface area contributed by atoms with Gasteiger partial charge in [0.1, 0.15) is 23.5 Å². The average molecular weight is 363 g/mol. The van der Waals surface area contributed by atoms with E-state index in [-0.39, 0.29) is 11.7 Å². The van der Waals surface area contributed by atoms with Crippen molar-refractivity contribution >= 4 is 22.8 Å². The molecule has 1 aromatic carbocycles. The number of aromatic hydroxyl groups is 1. The fourth-order valence-corrected chi connectivity index (χ4v) is 3.59. The van der Waals surface area contributed by atoms with E-state index >= 15 is 0 Å². The second-order valence-corrected chi connectivity index (χ2v) is 6.90. The molecule has 4 rings (SSSR count). The number of hydrogen-bond acceptors (Lipinski definition) is 5. The van der Waals surface area contributed by atoms with Crippen molar-refractivity contribution < 1.29 is 9.90 Å². The number of benzene rings is 1. The molecular formula is C20H21N5O2. The fraction of sp³-hybridized carbons (Fsp3) is 0.250. The van der Waals surface area contributed by atoms with Crippen molar-refractivity contribution in [3.8, 4) is 16.9 Å². The molecule has 0 aliphatic heterocycles. The first kappa shape index (κ1) is 17.1. The largest absolute Gasteiger partial charge is 0.508 e. The third-order valence-corrected chi connectivity index (χ3v) is 4.99. The van der Waals surface area contributed by atoms with E-state index in [2.05, 4.69) is 19.9 Å². The summed E-state index contributed by atoms with van der Waals surface area (Å²) in [6.07, 6.45) is 9.20. The summed E-state index contributed by atoms with van der Waals surface area (Å²) in [5.74, 6) is 0.985. The fourth-order valence-electron chi connectivity index (χ4n) is 3.59. The highest BCUT2D eigenvalue weighted by atomic mass is 16.3. The van der Waals surface area contributed by atoms with Gasteiger partial charge in [0.15, 0.2) is 0 Å². The molecule has 1 saturated carbocycles. The maximum atomic E-state index is 10.9. The minimum atomic E-state index is -0.0681. The first-order valence-corrected chi connectivity index (χ1v) is 8.87. The third-order valence-electron chi connectivity index (χ3n) is 4.99. The maximum Gasteiger partial charge on any atom is 0.220 e. The Bertz CT molecular complexity index is 1030. The first-order chi connectivity index (χ1) is 13.0. The van der Waals surface area contributed by atoms with Gasteiger partial charge in [0.25, 0.3) is 0 Å². The molecule has 0 unspecified atom stereocenters. The van der Waals surface area contributed by atoms with Crippen LogP contribution in [0.2, 0.25) is 0 Å². The lowest BCUT2D eigenvalue weighted by molar-refractivity contribution is -0.118. The highest BCUT2D eigenvalue weighted by molar-refractivity contribution is 6.00. The number of rotatable bonds is 4. The van der Waals surface area contributed by atoms with E-state index in [4.69, 9.17) is 5.73 Å². The van der Waals surface area contributed by atoms with Gasteiger partial charge in [0, 0.05) is 24.7 Å². The van der Waals surface area contributed by atoms with E-state index in [1.54, 1.807) is 24.4 Å². The smallest absolute Gasteiger partial charge is 0.220 e. The van der Waals surface area contributed by atoms with Crippen molar-refractivity contribution in [2.45, 2.75) is 25.8 Å². The SMILES string of the molecule is CC(=O)N/C=C/C1CC(n2cc(-c3cccc(O)c3)c3c(N)ncnc32)C1. The van der Waals surface area contributed by atoms with Crippen molar-refractivity contribution in [1.82, 2.24) is 19.9 Å². The van der Waals surface area contributed by atoms with Crippen LogP contribution in [0.25, 0.3) is 22.2 Å². The lowest BCUT2D eigenvalue weighted by Gasteiger charge is -2.34. The molecule has 0 bridgehead atoms. The standard InChI is InChI=1S/C20H21N5O2/c1-12(26)22-6-5-13-7-15(8-13)25-10-17(14-3-2-4-16(27)9-14)18-19(21)23-11-24-20(18)25/h2-6,9-11,13,15,27H,7-8H2,1H3,(H,22,26)(H2,21,23,24)/b6-5+. The van der Waals surface area contributed by atoms with Gasteiger partial charge in [-0.15, -0.1) is 0 Å². The summed E-state index contributed by atoms with van der Waals surface area (Å²) in [4.78, 5) is 19.5. The van der Waals surface area contributed by atoms with Crippen molar-refractivity contribution in [3.05, 3.63) is 49.1 Å². The van der Waals surface area contributed by atoms with Crippen LogP contribution in [-0.2, 0) is 4.79 Å². The van der Waals surface area contributed by atoms with Crippen molar-refractivity contribution in [2.75, 3.05) is 5.73 Å². The minimum absolute atomic E-state index is 0.0681. The molecule has 0 atom stereocenters. The van der Waals surface area contributed by atoms with E-state index in [9.17, 15) is 9.90 Å². The zero-order valence-corrected chi connectivity index (χ0v) is 15.0. The lowest BCUT2D eigenvalue weighted by atomic mass is 9.80. The van der Waals surface area contributed by atoms with Crippen molar-refractivity contribution in [2.24, 2.45) is 5.92 Å². The Morgan fingerprint density at radius 3 is 2.93 bits per heavy atom. The third kappa shape index (κ3) is 3.23. The molecular weight excluding hydrogens is 342 g/mol. The molecule has 2 aromatic heterocycles. The van der Waals surface area contributed by atoms with Gasteiger partial charge in [0.05, 0.1) is 5.39 Å². The van der Waals surface area contributed by atoms with Crippen molar-refractivity contribution in [1.29, 1.82) is 0 Å². The molecule has 0 spiro atoms. The van der Waals surface area contributed by atoms with Crippen LogP contribution in [0.4, 0.5) is 5.82 Å². The average Bonchev–Trinajstić information content (AvgIpc) is 2.97. The number of nitrogens with two attached hydrogens (primary N) is 1. The Kier molecular flexibility index (Phi) is 4.27. The zero-order chi connectivity index (χ0) is 19.0. The van der Waals surface area contributed by atoms with Gasteiger partial charge in [-0.2, -0.15) is 0 Å². The summed E-state index contributed by atoms with van der Waals surface area (Å²) in [6.45, 7) is 1.49. The van der Waals surface area contributed by atoms with E-state index in [0.29, 0.717) is 17.8 Å². The van der Waals surface area contributed by atoms with Gasteiger partial charge in [-0.05, 0) is 42.7 Å². The number of hydrogen-bond donors (Lipinski definition) is 3. The molecule has 27 heavy (non-hydrogen) atoms. The molecule has 7 nitrogen and oxygen atoms in total. The lowest BCUT2D eigenvalue weighted by Crippen LogP contribution is -2.26. The number of nitrogens with one attached hydrogen (secondary N) is 1. The van der Waals surface area contributed by atoms with Gasteiger partial charge in [-0.1, -0.05) is 18.2 Å². The first-order valence-electron chi connectivity index (χ1n) is 8.87. The molecule has 4 N–H and O–H groups in total. The van der Waals surface area contributed by atoms with Crippen molar-refractivity contribution in [3.63, 3.8) is 0 Å². The molecule has 0 saturated heterocycles. The second kappa shape index (κ2) is 6.75. The predicted molar refractivity (Wildman–Crippen MR) is 104 cm³/mol. The molecule has 1 amide bonds. The molecule has 0 radical (unpaired) electrons. The number of nitrogens with zero attached hydrogens (tertiary/aromatic N) is 3. The van der Waals surface area contributed by atoms with Gasteiger partial charge in [-0.25, -0.2) is 9.97 Å². The summed E-state index contributed by atoms with van der Waals surface area (Å²) in [5, 5.41) is 13.3. The molecule has 1 fully saturated rings. The topological polar surface area (TPSA) is 106 Å². The number of amides is 1. The molecule has 2 heterocycles. The van der Waals surface area contributed by atoms with Crippen LogP contribution in [0.1, 0.15) is 25.8 Å². The van der Waals surface area contributed by atoms with Gasteiger partial charge in [0.2, 0.25) is 5.91 Å². The number of phenolic OH excluding ortho intramolecular Hbond substituents is 1. The molecule has 1 aliphatic carbocycles. The number of allylic oxidation sites excluding steroid dienone is 1. The number of anilines is 1. The van der Waals surface area contributed by atoms with Crippen LogP contribution >= 0.6 is 0 Å². The maximum absolute atomic E-state index is 10.9. The summed E-state index contributed by atoms with van der Waals surface area (Å²) in [6, 6.07) is 7.40. The Labute approximate surface area is 156 Å². The number of aromatic nitrogens is 3. The van der Waals surface area contributed by atoms with Gasteiger partial charge in [-0.3, -0.25) is 4.79 Å². The highest BCUT2D eigenvalue weighted by Gasteiger charge is 2.31. The Balaban J connectivity index is 1.66. The highest BCUT2D eigenvalue weighted by Crippen LogP contribution is 2.43. The molecule has 138 valence electrons. The summed E-state index contributed by atoms with van der Waals surface area (Å²) in [7, 11) is 0. The van der Waals surface area contributed by atoms with Gasteiger partial charge >= 0.3 is 0 Å². The molecule has 1 aliphatic rings. The van der Waals surface area contributed by atoms with E-state index in [0.717, 1.165) is 35.0 Å². The summed E-state index contributed by atoms with van der Waals surface area (Å²) < 4.78 is 2.15. The van der Waals surface area contributed by atoms with Gasteiger partial charge < -0.3 is 20.7 Å². The van der Waals surface area contributed by atoms with E-state index in [1.807, 2.05) is 18.3 Å². The van der Waals surface area contributed by atoms with Crippen LogP contribution in [0.15, 0.2) is 49.1 Å². The number of phenols is 1. The van der Waals surface area contributed by atoms with Crippen LogP contribution in [0.5, 0.6) is 5.75 Å². The number of carbonyl (C=O) groups excluding carboxylic acids is 1. The van der Waals surface area contributed by atoms with E-state index < -0.39 is 0 Å². The number of nitrogen functional groups attached to an aromatic ring is 1. The van der Waals surface area contributed by atoms with Crippen LogP contribution in [0, 0.1) is 5.92 Å². The van der Waals surface area contributed by atoms with Crippen LogP contribution in [0.3, 0.4) is 0 Å². The Morgan fingerprint density at radius 2 is 2.19 bits per heavy atom. The summed E-state index contributed by atoms with van der Waals surface area (Å²) in [5.41, 5.74) is 8.74. The minimum Gasteiger partial charge on any atom is -0.508 e. The Morgan fingerprint density at radius 1 is 1.37 bits per heavy atom. The van der Waals surface area contributed by atoms with Crippen LogP contribution in [-0.4, -0.2) is 25.5 Å². The quantitative estimate of drug-likeness (QED) is 0.661. The zero-order valence-electron chi connectivity index (χ0n) is 15.0. The predicted octanol–water partition coefficient (Wildman–Crippen LogP) is 2.99. The number of fused-ring (bicyclic) bond motifs is 1. The monoisotopic (exact) mass is 363 g/mol. The summed E-state index contributed by atoms with van der Waals surface area (Å²) >= 11 is 0.